The zero-order valence-electron chi connectivity index (χ0n) is 7.17. The van der Waals surface area contributed by atoms with E-state index in [2.05, 4.69) is 0 Å². The molecule has 0 unspecified atom stereocenters. The third kappa shape index (κ3) is 2.38. The maximum absolute atomic E-state index is 13.3. The Kier molecular flexibility index (Phi) is 3.63. The highest BCUT2D eigenvalue weighted by molar-refractivity contribution is 14.1. The Morgan fingerprint density at radius 2 is 2.15 bits per heavy atom. The molecule has 3 N–H and O–H groups in total. The van der Waals surface area contributed by atoms with E-state index in [1.807, 2.05) is 22.6 Å². The molecule has 0 saturated heterocycles. The Morgan fingerprint density at radius 3 is 2.62 bits per heavy atom. The van der Waals surface area contributed by atoms with E-state index in [0.717, 1.165) is 3.57 Å². The van der Waals surface area contributed by atoms with E-state index in [0.29, 0.717) is 5.56 Å². The van der Waals surface area contributed by atoms with Crippen molar-refractivity contribution in [3.63, 3.8) is 0 Å². The summed E-state index contributed by atoms with van der Waals surface area (Å²) in [6.07, 6.45) is -0.745. The van der Waals surface area contributed by atoms with Crippen molar-refractivity contribution < 1.29 is 9.50 Å². The molecule has 0 heterocycles. The average Bonchev–Trinajstić information content (AvgIpc) is 2.03. The summed E-state index contributed by atoms with van der Waals surface area (Å²) in [5.74, 6) is -0.361. The lowest BCUT2D eigenvalue weighted by molar-refractivity contribution is 0.162. The lowest BCUT2D eigenvalue weighted by Gasteiger charge is -2.17. The molecule has 4 heteroatoms. The van der Waals surface area contributed by atoms with E-state index < -0.39 is 12.1 Å². The van der Waals surface area contributed by atoms with Crippen LogP contribution in [0.1, 0.15) is 18.5 Å². The first kappa shape index (κ1) is 10.9. The van der Waals surface area contributed by atoms with Crippen LogP contribution in [0.5, 0.6) is 0 Å². The van der Waals surface area contributed by atoms with Crippen LogP contribution in [0.25, 0.3) is 0 Å². The Morgan fingerprint density at radius 1 is 1.54 bits per heavy atom. The molecule has 1 aromatic carbocycles. The van der Waals surface area contributed by atoms with Crippen molar-refractivity contribution in [3.05, 3.63) is 33.1 Å². The van der Waals surface area contributed by atoms with Crippen LogP contribution >= 0.6 is 22.6 Å². The zero-order chi connectivity index (χ0) is 10.0. The molecular weight excluding hydrogens is 284 g/mol. The molecule has 0 radical (unpaired) electrons. The van der Waals surface area contributed by atoms with E-state index in [-0.39, 0.29) is 5.82 Å². The van der Waals surface area contributed by atoms with E-state index in [9.17, 15) is 9.50 Å². The lowest BCUT2D eigenvalue weighted by Crippen LogP contribution is -2.25. The summed E-state index contributed by atoms with van der Waals surface area (Å²) in [4.78, 5) is 0. The Labute approximate surface area is 90.1 Å². The van der Waals surface area contributed by atoms with Gasteiger partial charge in [0.2, 0.25) is 0 Å². The second-order valence-corrected chi connectivity index (χ2v) is 4.06. The SMILES string of the molecule is C[C@@H](O)[C@@H](N)c1c(F)cccc1I. The smallest absolute Gasteiger partial charge is 0.129 e. The molecule has 0 aliphatic carbocycles. The minimum atomic E-state index is -0.745. The van der Waals surface area contributed by atoms with Gasteiger partial charge in [0.15, 0.2) is 0 Å². The van der Waals surface area contributed by atoms with Crippen molar-refractivity contribution in [1.82, 2.24) is 0 Å². The molecule has 0 aromatic heterocycles. The maximum atomic E-state index is 13.3. The predicted octanol–water partition coefficient (Wildman–Crippen LogP) is 1.81. The summed E-state index contributed by atoms with van der Waals surface area (Å²) in [7, 11) is 0. The standard InChI is InChI=1S/C9H11FINO/c1-5(13)9(12)8-6(10)3-2-4-7(8)11/h2-5,9,13H,12H2,1H3/t5-,9-/m1/s1. The fourth-order valence-corrected chi connectivity index (χ4v) is 1.90. The van der Waals surface area contributed by atoms with Crippen molar-refractivity contribution in [2.24, 2.45) is 5.73 Å². The second kappa shape index (κ2) is 4.34. The molecule has 0 spiro atoms. The number of aliphatic hydroxyl groups excluding tert-OH is 1. The molecule has 2 atom stereocenters. The Balaban J connectivity index is 3.12. The first-order valence-electron chi connectivity index (χ1n) is 3.91. The van der Waals surface area contributed by atoms with Gasteiger partial charge in [-0.25, -0.2) is 4.39 Å². The van der Waals surface area contributed by atoms with Gasteiger partial charge in [-0.3, -0.25) is 0 Å². The van der Waals surface area contributed by atoms with Crippen molar-refractivity contribution >= 4 is 22.6 Å². The highest BCUT2D eigenvalue weighted by atomic mass is 127. The van der Waals surface area contributed by atoms with E-state index >= 15 is 0 Å². The molecule has 1 rings (SSSR count). The minimum Gasteiger partial charge on any atom is -0.391 e. The van der Waals surface area contributed by atoms with Crippen LogP contribution in [0.2, 0.25) is 0 Å². The van der Waals surface area contributed by atoms with Crippen LogP contribution in [-0.4, -0.2) is 11.2 Å². The average molecular weight is 295 g/mol. The van der Waals surface area contributed by atoms with Gasteiger partial charge >= 0.3 is 0 Å². The number of rotatable bonds is 2. The second-order valence-electron chi connectivity index (χ2n) is 2.90. The normalized spacial score (nSPS) is 15.5. The van der Waals surface area contributed by atoms with E-state index in [4.69, 9.17) is 5.73 Å². The van der Waals surface area contributed by atoms with Crippen LogP contribution in [0.15, 0.2) is 18.2 Å². The van der Waals surface area contributed by atoms with Crippen molar-refractivity contribution in [1.29, 1.82) is 0 Å². The van der Waals surface area contributed by atoms with Crippen molar-refractivity contribution in [2.45, 2.75) is 19.1 Å². The first-order chi connectivity index (χ1) is 6.04. The summed E-state index contributed by atoms with van der Waals surface area (Å²) in [6.45, 7) is 1.55. The third-order valence-corrected chi connectivity index (χ3v) is 2.79. The number of hydrogen-bond donors (Lipinski definition) is 2. The third-order valence-electron chi connectivity index (χ3n) is 1.85. The molecule has 0 saturated carbocycles. The highest BCUT2D eigenvalue weighted by Gasteiger charge is 2.18. The van der Waals surface area contributed by atoms with E-state index in [1.54, 1.807) is 19.1 Å². The summed E-state index contributed by atoms with van der Waals surface area (Å²) in [5, 5.41) is 9.23. The zero-order valence-corrected chi connectivity index (χ0v) is 9.32. The molecule has 0 fully saturated rings. The first-order valence-corrected chi connectivity index (χ1v) is 4.99. The summed E-state index contributed by atoms with van der Waals surface area (Å²) in [5.41, 5.74) is 6.03. The molecule has 0 aliphatic rings. The van der Waals surface area contributed by atoms with Crippen molar-refractivity contribution in [2.75, 3.05) is 0 Å². The monoisotopic (exact) mass is 295 g/mol. The number of halogens is 2. The number of nitrogens with two attached hydrogens (primary N) is 1. The highest BCUT2D eigenvalue weighted by Crippen LogP contribution is 2.23. The summed E-state index contributed by atoms with van der Waals surface area (Å²) < 4.78 is 14.0. The van der Waals surface area contributed by atoms with Gasteiger partial charge in [0.25, 0.3) is 0 Å². The van der Waals surface area contributed by atoms with Gasteiger partial charge in [0.1, 0.15) is 5.82 Å². The van der Waals surface area contributed by atoms with Gasteiger partial charge in [-0.15, -0.1) is 0 Å². The van der Waals surface area contributed by atoms with Crippen LogP contribution in [0.3, 0.4) is 0 Å². The summed E-state index contributed by atoms with van der Waals surface area (Å²) >= 11 is 2.00. The molecule has 13 heavy (non-hydrogen) atoms. The van der Waals surface area contributed by atoms with Crippen LogP contribution in [0.4, 0.5) is 4.39 Å². The van der Waals surface area contributed by atoms with Gasteiger partial charge in [0.05, 0.1) is 12.1 Å². The molecule has 0 amide bonds. The van der Waals surface area contributed by atoms with Crippen LogP contribution in [-0.2, 0) is 0 Å². The van der Waals surface area contributed by atoms with Crippen molar-refractivity contribution in [3.8, 4) is 0 Å². The van der Waals surface area contributed by atoms with E-state index in [1.165, 1.54) is 6.07 Å². The van der Waals surface area contributed by atoms with Crippen LogP contribution in [0, 0.1) is 9.39 Å². The Bertz CT molecular complexity index is 283. The molecule has 0 bridgehead atoms. The lowest BCUT2D eigenvalue weighted by atomic mass is 10.0. The maximum Gasteiger partial charge on any atom is 0.129 e. The van der Waals surface area contributed by atoms with Gasteiger partial charge in [0, 0.05) is 9.13 Å². The fourth-order valence-electron chi connectivity index (χ4n) is 1.07. The largest absolute Gasteiger partial charge is 0.391 e. The van der Waals surface area contributed by atoms with Gasteiger partial charge in [-0.2, -0.15) is 0 Å². The quantitative estimate of drug-likeness (QED) is 0.817. The predicted molar refractivity (Wildman–Crippen MR) is 57.7 cm³/mol. The number of hydrogen-bond acceptors (Lipinski definition) is 2. The van der Waals surface area contributed by atoms with Crippen LogP contribution < -0.4 is 5.73 Å². The van der Waals surface area contributed by atoms with Gasteiger partial charge in [-0.1, -0.05) is 6.07 Å². The Hall–Kier alpha value is -0.200. The topological polar surface area (TPSA) is 46.2 Å². The number of benzene rings is 1. The fraction of sp³-hybridized carbons (Fsp3) is 0.333. The molecule has 72 valence electrons. The van der Waals surface area contributed by atoms with Gasteiger partial charge in [-0.05, 0) is 41.6 Å². The number of aliphatic hydroxyl groups is 1. The molecule has 2 nitrogen and oxygen atoms in total. The minimum absolute atomic E-state index is 0.361. The molecular formula is C9H11FINO. The summed E-state index contributed by atoms with van der Waals surface area (Å²) in [6, 6.07) is 4.07. The molecule has 1 aromatic rings. The molecule has 0 aliphatic heterocycles. The van der Waals surface area contributed by atoms with Gasteiger partial charge < -0.3 is 10.8 Å².